The smallest absolute Gasteiger partial charge is 0.0245 e. The molecule has 0 saturated carbocycles. The molecule has 0 aliphatic rings. The van der Waals surface area contributed by atoms with Crippen LogP contribution in [0.3, 0.4) is 0 Å². The lowest BCUT2D eigenvalue weighted by Crippen LogP contribution is -2.14. The van der Waals surface area contributed by atoms with E-state index < -0.39 is 0 Å². The number of benzene rings is 2. The second-order valence-electron chi connectivity index (χ2n) is 5.14. The first kappa shape index (κ1) is 15.4. The Morgan fingerprint density at radius 3 is 2.24 bits per heavy atom. The highest BCUT2D eigenvalue weighted by Crippen LogP contribution is 2.01. The topological polar surface area (TPSA) is 12.0 Å². The van der Waals surface area contributed by atoms with Crippen molar-refractivity contribution in [3.05, 3.63) is 71.8 Å². The third kappa shape index (κ3) is 6.79. The Bertz CT molecular complexity index is 549. The van der Waals surface area contributed by atoms with Crippen molar-refractivity contribution in [3.63, 3.8) is 0 Å². The molecule has 0 heterocycles. The van der Waals surface area contributed by atoms with Gasteiger partial charge in [0.25, 0.3) is 0 Å². The second kappa shape index (κ2) is 9.80. The minimum atomic E-state index is 0.967. The Hall–Kier alpha value is -2.04. The zero-order chi connectivity index (χ0) is 14.6. The Morgan fingerprint density at radius 1 is 0.762 bits per heavy atom. The van der Waals surface area contributed by atoms with Crippen molar-refractivity contribution in [2.75, 3.05) is 6.54 Å². The molecule has 0 amide bonds. The average molecular weight is 277 g/mol. The van der Waals surface area contributed by atoms with Crippen LogP contribution in [0.4, 0.5) is 0 Å². The minimum absolute atomic E-state index is 0.967. The van der Waals surface area contributed by atoms with Gasteiger partial charge in [0.05, 0.1) is 0 Å². The van der Waals surface area contributed by atoms with E-state index in [4.69, 9.17) is 0 Å². The first-order chi connectivity index (χ1) is 10.4. The molecule has 2 rings (SSSR count). The van der Waals surface area contributed by atoms with Gasteiger partial charge in [-0.25, -0.2) is 0 Å². The molecule has 0 atom stereocenters. The molecule has 0 saturated heterocycles. The van der Waals surface area contributed by atoms with Crippen LogP contribution in [0.15, 0.2) is 60.7 Å². The summed E-state index contributed by atoms with van der Waals surface area (Å²) in [6.07, 6.45) is 4.64. The van der Waals surface area contributed by atoms with Gasteiger partial charge < -0.3 is 5.32 Å². The normalized spacial score (nSPS) is 9.90. The molecule has 1 heteroatoms. The van der Waals surface area contributed by atoms with Gasteiger partial charge in [-0.3, -0.25) is 0 Å². The Labute approximate surface area is 128 Å². The number of unbranched alkanes of at least 4 members (excludes halogenated alkanes) is 3. The van der Waals surface area contributed by atoms with Gasteiger partial charge in [-0.1, -0.05) is 66.8 Å². The predicted molar refractivity (Wildman–Crippen MR) is 89.9 cm³/mol. The monoisotopic (exact) mass is 277 g/mol. The number of nitrogens with one attached hydrogen (secondary N) is 1. The van der Waals surface area contributed by atoms with Gasteiger partial charge in [0, 0.05) is 18.5 Å². The average Bonchev–Trinajstić information content (AvgIpc) is 2.55. The Balaban J connectivity index is 1.48. The maximum atomic E-state index is 3.48. The molecule has 0 aromatic heterocycles. The van der Waals surface area contributed by atoms with Crippen LogP contribution in [0.2, 0.25) is 0 Å². The van der Waals surface area contributed by atoms with Gasteiger partial charge in [0.2, 0.25) is 0 Å². The molecule has 108 valence electrons. The van der Waals surface area contributed by atoms with E-state index in [-0.39, 0.29) is 0 Å². The van der Waals surface area contributed by atoms with Crippen LogP contribution in [0.25, 0.3) is 0 Å². The molecule has 21 heavy (non-hydrogen) atoms. The van der Waals surface area contributed by atoms with Crippen LogP contribution in [0.5, 0.6) is 0 Å². The Morgan fingerprint density at radius 2 is 1.48 bits per heavy atom. The van der Waals surface area contributed by atoms with Crippen molar-refractivity contribution in [2.24, 2.45) is 0 Å². The highest BCUT2D eigenvalue weighted by atomic mass is 14.8. The molecule has 0 bridgehead atoms. The summed E-state index contributed by atoms with van der Waals surface area (Å²) in [5, 5.41) is 3.48. The maximum absolute atomic E-state index is 3.48. The molecular formula is C20H23N. The molecule has 0 unspecified atom stereocenters. The fourth-order valence-corrected chi connectivity index (χ4v) is 2.15. The van der Waals surface area contributed by atoms with Gasteiger partial charge in [0.1, 0.15) is 0 Å². The van der Waals surface area contributed by atoms with E-state index in [1.54, 1.807) is 0 Å². The van der Waals surface area contributed by atoms with Crippen molar-refractivity contribution in [1.82, 2.24) is 5.32 Å². The minimum Gasteiger partial charge on any atom is -0.313 e. The summed E-state index contributed by atoms with van der Waals surface area (Å²) in [4.78, 5) is 0. The fourth-order valence-electron chi connectivity index (χ4n) is 2.15. The zero-order valence-corrected chi connectivity index (χ0v) is 12.5. The molecule has 1 nitrogen and oxygen atoms in total. The SMILES string of the molecule is C(#Cc1ccccc1)CCCCCNCc1ccccc1. The van der Waals surface area contributed by atoms with E-state index in [2.05, 4.69) is 59.6 Å². The van der Waals surface area contributed by atoms with E-state index in [1.807, 2.05) is 18.2 Å². The van der Waals surface area contributed by atoms with Crippen LogP contribution < -0.4 is 5.32 Å². The van der Waals surface area contributed by atoms with Crippen LogP contribution >= 0.6 is 0 Å². The predicted octanol–water partition coefficient (Wildman–Crippen LogP) is 4.39. The second-order valence-corrected chi connectivity index (χ2v) is 5.14. The van der Waals surface area contributed by atoms with Crippen molar-refractivity contribution in [2.45, 2.75) is 32.2 Å². The summed E-state index contributed by atoms with van der Waals surface area (Å²) < 4.78 is 0. The molecule has 0 aliphatic heterocycles. The highest BCUT2D eigenvalue weighted by Gasteiger charge is 1.91. The highest BCUT2D eigenvalue weighted by molar-refractivity contribution is 5.33. The third-order valence-corrected chi connectivity index (χ3v) is 3.33. The summed E-state index contributed by atoms with van der Waals surface area (Å²) in [7, 11) is 0. The lowest BCUT2D eigenvalue weighted by molar-refractivity contribution is 0.608. The molecule has 1 N–H and O–H groups in total. The third-order valence-electron chi connectivity index (χ3n) is 3.33. The number of rotatable bonds is 7. The summed E-state index contributed by atoms with van der Waals surface area (Å²) in [6.45, 7) is 2.05. The summed E-state index contributed by atoms with van der Waals surface area (Å²) in [5.41, 5.74) is 2.47. The van der Waals surface area contributed by atoms with Crippen molar-refractivity contribution in [3.8, 4) is 11.8 Å². The maximum Gasteiger partial charge on any atom is 0.0245 e. The van der Waals surface area contributed by atoms with Crippen LogP contribution in [0.1, 0.15) is 36.8 Å². The van der Waals surface area contributed by atoms with Gasteiger partial charge in [-0.15, -0.1) is 0 Å². The number of hydrogen-bond donors (Lipinski definition) is 1. The van der Waals surface area contributed by atoms with E-state index >= 15 is 0 Å². The molecule has 0 aliphatic carbocycles. The largest absolute Gasteiger partial charge is 0.313 e. The molecule has 0 spiro atoms. The van der Waals surface area contributed by atoms with Crippen LogP contribution in [-0.4, -0.2) is 6.54 Å². The Kier molecular flexibility index (Phi) is 7.16. The van der Waals surface area contributed by atoms with Crippen molar-refractivity contribution in [1.29, 1.82) is 0 Å². The summed E-state index contributed by atoms with van der Waals surface area (Å²) in [6, 6.07) is 20.7. The van der Waals surface area contributed by atoms with E-state index in [1.165, 1.54) is 24.8 Å². The van der Waals surface area contributed by atoms with Gasteiger partial charge >= 0.3 is 0 Å². The van der Waals surface area contributed by atoms with E-state index in [9.17, 15) is 0 Å². The van der Waals surface area contributed by atoms with Crippen LogP contribution in [-0.2, 0) is 6.54 Å². The molecule has 2 aromatic rings. The van der Waals surface area contributed by atoms with Crippen LogP contribution in [0, 0.1) is 11.8 Å². The molecule has 0 fully saturated rings. The molecule has 0 radical (unpaired) electrons. The van der Waals surface area contributed by atoms with Gasteiger partial charge in [-0.05, 0) is 37.1 Å². The van der Waals surface area contributed by atoms with Gasteiger partial charge in [0.15, 0.2) is 0 Å². The number of hydrogen-bond acceptors (Lipinski definition) is 1. The lowest BCUT2D eigenvalue weighted by Gasteiger charge is -2.04. The van der Waals surface area contributed by atoms with Crippen molar-refractivity contribution < 1.29 is 0 Å². The summed E-state index contributed by atoms with van der Waals surface area (Å²) in [5.74, 6) is 6.45. The zero-order valence-electron chi connectivity index (χ0n) is 12.5. The van der Waals surface area contributed by atoms with Crippen molar-refractivity contribution >= 4 is 0 Å². The first-order valence-electron chi connectivity index (χ1n) is 7.74. The quantitative estimate of drug-likeness (QED) is 0.584. The van der Waals surface area contributed by atoms with Gasteiger partial charge in [-0.2, -0.15) is 0 Å². The van der Waals surface area contributed by atoms with E-state index in [0.717, 1.165) is 25.1 Å². The molecule has 2 aromatic carbocycles. The summed E-state index contributed by atoms with van der Waals surface area (Å²) >= 11 is 0. The van der Waals surface area contributed by atoms with E-state index in [0.29, 0.717) is 0 Å². The molecular weight excluding hydrogens is 254 g/mol. The lowest BCUT2D eigenvalue weighted by atomic mass is 10.1. The standard InChI is InChI=1S/C20H23N/c1(2-6-12-19-13-7-4-8-14-19)3-11-17-21-18-20-15-9-5-10-16-20/h4-5,7-10,13-16,21H,1-3,11,17-18H2. The first-order valence-corrected chi connectivity index (χ1v) is 7.74. The fraction of sp³-hybridized carbons (Fsp3) is 0.300.